The van der Waals surface area contributed by atoms with Crippen molar-refractivity contribution in [1.29, 1.82) is 5.26 Å². The Labute approximate surface area is 94.9 Å². The molecule has 1 N–H and O–H groups in total. The quantitative estimate of drug-likeness (QED) is 0.790. The standard InChI is InChI=1S/C12H13ClN2/c13-12-7-9(8-14)1-2-11(12)10-3-5-15-6-4-10/h1-2,7,10,15H,3-6H2. The van der Waals surface area contributed by atoms with Gasteiger partial charge in [0.1, 0.15) is 0 Å². The summed E-state index contributed by atoms with van der Waals surface area (Å²) in [5.74, 6) is 0.548. The first-order valence-corrected chi connectivity index (χ1v) is 5.59. The van der Waals surface area contributed by atoms with E-state index in [0.717, 1.165) is 31.0 Å². The summed E-state index contributed by atoms with van der Waals surface area (Å²) in [7, 11) is 0. The predicted molar refractivity (Wildman–Crippen MR) is 61.0 cm³/mol. The number of nitriles is 1. The molecular weight excluding hydrogens is 208 g/mol. The lowest BCUT2D eigenvalue weighted by Gasteiger charge is -2.23. The van der Waals surface area contributed by atoms with Crippen molar-refractivity contribution < 1.29 is 0 Å². The van der Waals surface area contributed by atoms with E-state index in [9.17, 15) is 0 Å². The first-order valence-electron chi connectivity index (χ1n) is 5.21. The largest absolute Gasteiger partial charge is 0.317 e. The Hall–Kier alpha value is -1.04. The molecule has 1 aromatic rings. The lowest BCUT2D eigenvalue weighted by Crippen LogP contribution is -2.26. The molecule has 0 atom stereocenters. The summed E-state index contributed by atoms with van der Waals surface area (Å²) >= 11 is 6.17. The van der Waals surface area contributed by atoms with Crippen molar-refractivity contribution in [3.63, 3.8) is 0 Å². The monoisotopic (exact) mass is 220 g/mol. The number of hydrogen-bond donors (Lipinski definition) is 1. The summed E-state index contributed by atoms with van der Waals surface area (Å²) in [5.41, 5.74) is 1.83. The maximum Gasteiger partial charge on any atom is 0.0992 e. The molecule has 1 aromatic carbocycles. The highest BCUT2D eigenvalue weighted by Gasteiger charge is 2.17. The third-order valence-electron chi connectivity index (χ3n) is 2.91. The SMILES string of the molecule is N#Cc1ccc(C2CCNCC2)c(Cl)c1. The molecule has 78 valence electrons. The summed E-state index contributed by atoms with van der Waals surface area (Å²) in [5, 5.41) is 12.8. The highest BCUT2D eigenvalue weighted by molar-refractivity contribution is 6.31. The van der Waals surface area contributed by atoms with Crippen LogP contribution < -0.4 is 5.32 Å². The van der Waals surface area contributed by atoms with Gasteiger partial charge in [0.25, 0.3) is 0 Å². The fraction of sp³-hybridized carbons (Fsp3) is 0.417. The van der Waals surface area contributed by atoms with Crippen LogP contribution in [0.3, 0.4) is 0 Å². The van der Waals surface area contributed by atoms with Gasteiger partial charge in [-0.15, -0.1) is 0 Å². The predicted octanol–water partition coefficient (Wildman–Crippen LogP) is 2.68. The minimum Gasteiger partial charge on any atom is -0.317 e. The van der Waals surface area contributed by atoms with E-state index in [-0.39, 0.29) is 0 Å². The molecule has 0 amide bonds. The fourth-order valence-corrected chi connectivity index (χ4v) is 2.40. The molecule has 0 aromatic heterocycles. The van der Waals surface area contributed by atoms with Crippen LogP contribution in [0.15, 0.2) is 18.2 Å². The average Bonchev–Trinajstić information content (AvgIpc) is 2.30. The molecule has 0 aliphatic carbocycles. The van der Waals surface area contributed by atoms with E-state index in [2.05, 4.69) is 11.4 Å². The van der Waals surface area contributed by atoms with Gasteiger partial charge in [-0.1, -0.05) is 17.7 Å². The zero-order valence-electron chi connectivity index (χ0n) is 8.46. The summed E-state index contributed by atoms with van der Waals surface area (Å²) in [6.07, 6.45) is 2.26. The Morgan fingerprint density at radius 3 is 2.67 bits per heavy atom. The molecule has 1 saturated heterocycles. The van der Waals surface area contributed by atoms with E-state index in [0.29, 0.717) is 11.5 Å². The van der Waals surface area contributed by atoms with Crippen LogP contribution in [0.5, 0.6) is 0 Å². The molecule has 0 spiro atoms. The van der Waals surface area contributed by atoms with E-state index < -0.39 is 0 Å². The highest BCUT2D eigenvalue weighted by Crippen LogP contribution is 2.31. The lowest BCUT2D eigenvalue weighted by molar-refractivity contribution is 0.460. The van der Waals surface area contributed by atoms with Crippen molar-refractivity contribution in [1.82, 2.24) is 5.32 Å². The fourth-order valence-electron chi connectivity index (χ4n) is 2.06. The van der Waals surface area contributed by atoms with E-state index in [1.165, 1.54) is 5.56 Å². The van der Waals surface area contributed by atoms with Crippen LogP contribution in [0.2, 0.25) is 5.02 Å². The number of nitrogens with one attached hydrogen (secondary N) is 1. The average molecular weight is 221 g/mol. The van der Waals surface area contributed by atoms with Gasteiger partial charge in [0.2, 0.25) is 0 Å². The molecule has 0 radical (unpaired) electrons. The second kappa shape index (κ2) is 4.65. The molecule has 15 heavy (non-hydrogen) atoms. The zero-order chi connectivity index (χ0) is 10.7. The Bertz CT molecular complexity index is 389. The molecule has 2 nitrogen and oxygen atoms in total. The van der Waals surface area contributed by atoms with Gasteiger partial charge < -0.3 is 5.32 Å². The van der Waals surface area contributed by atoms with Crippen molar-refractivity contribution in [2.45, 2.75) is 18.8 Å². The minimum atomic E-state index is 0.548. The number of nitrogens with zero attached hydrogens (tertiary/aromatic N) is 1. The van der Waals surface area contributed by atoms with Crippen LogP contribution in [0, 0.1) is 11.3 Å². The van der Waals surface area contributed by atoms with Gasteiger partial charge in [-0.2, -0.15) is 5.26 Å². The van der Waals surface area contributed by atoms with Crippen LogP contribution in [-0.4, -0.2) is 13.1 Å². The lowest BCUT2D eigenvalue weighted by atomic mass is 9.90. The van der Waals surface area contributed by atoms with Gasteiger partial charge in [0.05, 0.1) is 11.6 Å². The number of halogens is 1. The van der Waals surface area contributed by atoms with Crippen molar-refractivity contribution in [3.05, 3.63) is 34.3 Å². The molecule has 3 heteroatoms. The number of rotatable bonds is 1. The summed E-state index contributed by atoms with van der Waals surface area (Å²) in [6, 6.07) is 7.71. The van der Waals surface area contributed by atoms with E-state index in [1.54, 1.807) is 6.07 Å². The number of hydrogen-bond acceptors (Lipinski definition) is 2. The first kappa shape index (κ1) is 10.5. The summed E-state index contributed by atoms with van der Waals surface area (Å²) < 4.78 is 0. The molecule has 2 rings (SSSR count). The molecule has 1 aliphatic heterocycles. The molecular formula is C12H13ClN2. The van der Waals surface area contributed by atoms with Gasteiger partial charge in [-0.05, 0) is 49.5 Å². The van der Waals surface area contributed by atoms with Gasteiger partial charge in [0, 0.05) is 5.02 Å². The summed E-state index contributed by atoms with van der Waals surface area (Å²) in [6.45, 7) is 2.11. The van der Waals surface area contributed by atoms with Crippen LogP contribution in [0.25, 0.3) is 0 Å². The first-order chi connectivity index (χ1) is 7.31. The molecule has 1 fully saturated rings. The second-order valence-corrected chi connectivity index (χ2v) is 4.28. The Kier molecular flexibility index (Phi) is 3.25. The van der Waals surface area contributed by atoms with Gasteiger partial charge in [-0.3, -0.25) is 0 Å². The molecule has 0 saturated carbocycles. The molecule has 0 bridgehead atoms. The second-order valence-electron chi connectivity index (χ2n) is 3.87. The van der Waals surface area contributed by atoms with Gasteiger partial charge >= 0.3 is 0 Å². The van der Waals surface area contributed by atoms with Crippen molar-refractivity contribution in [3.8, 4) is 6.07 Å². The van der Waals surface area contributed by atoms with E-state index >= 15 is 0 Å². The van der Waals surface area contributed by atoms with Gasteiger partial charge in [0.15, 0.2) is 0 Å². The number of piperidine rings is 1. The van der Waals surface area contributed by atoms with Crippen LogP contribution in [-0.2, 0) is 0 Å². The summed E-state index contributed by atoms with van der Waals surface area (Å²) in [4.78, 5) is 0. The molecule has 1 aliphatic rings. The smallest absolute Gasteiger partial charge is 0.0992 e. The van der Waals surface area contributed by atoms with Crippen LogP contribution >= 0.6 is 11.6 Å². The molecule has 0 unspecified atom stereocenters. The Balaban J connectivity index is 2.24. The maximum absolute atomic E-state index is 8.74. The minimum absolute atomic E-state index is 0.548. The van der Waals surface area contributed by atoms with Crippen LogP contribution in [0.4, 0.5) is 0 Å². The third-order valence-corrected chi connectivity index (χ3v) is 3.24. The Morgan fingerprint density at radius 1 is 1.33 bits per heavy atom. The van der Waals surface area contributed by atoms with Crippen molar-refractivity contribution in [2.24, 2.45) is 0 Å². The Morgan fingerprint density at radius 2 is 2.07 bits per heavy atom. The highest BCUT2D eigenvalue weighted by atomic mass is 35.5. The molecule has 1 heterocycles. The maximum atomic E-state index is 8.74. The van der Waals surface area contributed by atoms with Crippen molar-refractivity contribution >= 4 is 11.6 Å². The van der Waals surface area contributed by atoms with E-state index in [1.807, 2.05) is 12.1 Å². The number of benzene rings is 1. The van der Waals surface area contributed by atoms with Gasteiger partial charge in [-0.25, -0.2) is 0 Å². The van der Waals surface area contributed by atoms with Crippen molar-refractivity contribution in [2.75, 3.05) is 13.1 Å². The third kappa shape index (κ3) is 2.31. The topological polar surface area (TPSA) is 35.8 Å². The normalized spacial score (nSPS) is 17.3. The zero-order valence-corrected chi connectivity index (χ0v) is 9.22. The van der Waals surface area contributed by atoms with E-state index in [4.69, 9.17) is 16.9 Å². The van der Waals surface area contributed by atoms with Crippen LogP contribution in [0.1, 0.15) is 29.9 Å².